The highest BCUT2D eigenvalue weighted by atomic mass is 32.2. The Balaban J connectivity index is 1.29. The second-order valence-corrected chi connectivity index (χ2v) is 10.7. The Morgan fingerprint density at radius 2 is 1.65 bits per heavy atom. The number of aromatic nitrogens is 1. The lowest BCUT2D eigenvalue weighted by Gasteiger charge is -2.27. The quantitative estimate of drug-likeness (QED) is 0.146. The molecule has 0 aliphatic heterocycles. The van der Waals surface area contributed by atoms with Crippen LogP contribution in [0.5, 0.6) is 11.5 Å². The van der Waals surface area contributed by atoms with Gasteiger partial charge >= 0.3 is 6.03 Å². The molecule has 0 fully saturated rings. The first-order valence-corrected chi connectivity index (χ1v) is 14.8. The maximum atomic E-state index is 13.8. The van der Waals surface area contributed by atoms with E-state index in [1.54, 1.807) is 19.1 Å². The molecular formula is C34H34N4O4S. The van der Waals surface area contributed by atoms with Crippen molar-refractivity contribution >= 4 is 40.5 Å². The number of aromatic amines is 1. The lowest BCUT2D eigenvalue weighted by molar-refractivity contribution is -0.120. The molecule has 4 aromatic carbocycles. The lowest BCUT2D eigenvalue weighted by Crippen LogP contribution is -2.51. The Morgan fingerprint density at radius 3 is 2.37 bits per heavy atom. The topological polar surface area (TPSA) is 95.7 Å². The largest absolute Gasteiger partial charge is 0.497 e. The van der Waals surface area contributed by atoms with E-state index in [1.807, 2.05) is 104 Å². The van der Waals surface area contributed by atoms with Crippen molar-refractivity contribution in [3.05, 3.63) is 109 Å². The van der Waals surface area contributed by atoms with Gasteiger partial charge in [-0.25, -0.2) is 4.79 Å². The molecule has 0 radical (unpaired) electrons. The first-order chi connectivity index (χ1) is 21.0. The van der Waals surface area contributed by atoms with E-state index in [1.165, 1.54) is 11.9 Å². The van der Waals surface area contributed by atoms with Crippen molar-refractivity contribution in [1.29, 1.82) is 0 Å². The number of methoxy groups -OCH3 is 2. The lowest BCUT2D eigenvalue weighted by atomic mass is 10.0. The summed E-state index contributed by atoms with van der Waals surface area (Å²) in [6.45, 7) is 2.36. The summed E-state index contributed by atoms with van der Waals surface area (Å²) >= 11 is 1.19. The standard InChI is InChI=1S/C34H34N4O4S/c1-4-38(25-16-18-26(41-2)19-17-25)33(39)31(20-23-10-6-5-7-11-23)36-34(40)37-43-27-13-8-12-24(21-27)30-22-28-29(35-30)14-9-15-32(28)42-3/h5-19,21-22,31,35H,4,20H2,1-3H3,(H2,36,37,40)/t31-/m0/s1. The fourth-order valence-corrected chi connectivity index (χ4v) is 5.55. The fraction of sp³-hybridized carbons (Fsp3) is 0.176. The van der Waals surface area contributed by atoms with Gasteiger partial charge in [-0.3, -0.25) is 9.52 Å². The molecule has 0 spiro atoms. The minimum absolute atomic E-state index is 0.201. The average Bonchev–Trinajstić information content (AvgIpc) is 3.50. The molecule has 5 rings (SSSR count). The number of carbonyl (C=O) groups is 2. The molecular weight excluding hydrogens is 560 g/mol. The highest BCUT2D eigenvalue weighted by molar-refractivity contribution is 7.98. The van der Waals surface area contributed by atoms with E-state index in [2.05, 4.69) is 21.1 Å². The summed E-state index contributed by atoms with van der Waals surface area (Å²) in [6, 6.07) is 31.5. The minimum Gasteiger partial charge on any atom is -0.497 e. The van der Waals surface area contributed by atoms with Crippen LogP contribution < -0.4 is 24.4 Å². The number of ether oxygens (including phenoxy) is 2. The second kappa shape index (κ2) is 13.8. The molecule has 0 saturated carbocycles. The number of urea groups is 1. The number of benzene rings is 4. The molecule has 1 atom stereocenters. The summed E-state index contributed by atoms with van der Waals surface area (Å²) in [7, 11) is 3.26. The molecule has 1 heterocycles. The highest BCUT2D eigenvalue weighted by Crippen LogP contribution is 2.31. The van der Waals surface area contributed by atoms with E-state index in [0.29, 0.717) is 18.7 Å². The summed E-state index contributed by atoms with van der Waals surface area (Å²) in [4.78, 5) is 32.9. The number of nitrogens with zero attached hydrogens (tertiary/aromatic N) is 1. The van der Waals surface area contributed by atoms with Crippen LogP contribution >= 0.6 is 11.9 Å². The van der Waals surface area contributed by atoms with Crippen LogP contribution in [0.3, 0.4) is 0 Å². The zero-order chi connectivity index (χ0) is 30.2. The smallest absolute Gasteiger partial charge is 0.325 e. The molecule has 5 aromatic rings. The van der Waals surface area contributed by atoms with Crippen molar-refractivity contribution in [2.45, 2.75) is 24.3 Å². The zero-order valence-electron chi connectivity index (χ0n) is 24.3. The number of rotatable bonds is 11. The molecule has 3 N–H and O–H groups in total. The van der Waals surface area contributed by atoms with Gasteiger partial charge in [0.05, 0.1) is 14.2 Å². The van der Waals surface area contributed by atoms with Crippen molar-refractivity contribution in [3.8, 4) is 22.8 Å². The summed E-state index contributed by atoms with van der Waals surface area (Å²) in [5.41, 5.74) is 4.57. The number of anilines is 1. The van der Waals surface area contributed by atoms with Gasteiger partial charge < -0.3 is 24.7 Å². The van der Waals surface area contributed by atoms with Gasteiger partial charge in [0.25, 0.3) is 0 Å². The SMILES string of the molecule is CCN(C(=O)[C@H](Cc1ccccc1)NC(=O)NSc1cccc(-c2cc3c(OC)cccc3[nH]2)c1)c1ccc(OC)cc1. The third-order valence-electron chi connectivity index (χ3n) is 7.10. The van der Waals surface area contributed by atoms with Gasteiger partial charge in [0.1, 0.15) is 17.5 Å². The molecule has 0 bridgehead atoms. The molecule has 220 valence electrons. The van der Waals surface area contributed by atoms with Crippen LogP contribution in [0.1, 0.15) is 12.5 Å². The number of fused-ring (bicyclic) bond motifs is 1. The predicted octanol–water partition coefficient (Wildman–Crippen LogP) is 6.82. The summed E-state index contributed by atoms with van der Waals surface area (Å²) in [6.07, 6.45) is 0.351. The van der Waals surface area contributed by atoms with Crippen molar-refractivity contribution < 1.29 is 19.1 Å². The van der Waals surface area contributed by atoms with Gasteiger partial charge in [-0.05, 0) is 84.6 Å². The first kappa shape index (κ1) is 29.6. The molecule has 8 nitrogen and oxygen atoms in total. The van der Waals surface area contributed by atoms with Crippen molar-refractivity contribution in [1.82, 2.24) is 15.0 Å². The fourth-order valence-electron chi connectivity index (χ4n) is 4.95. The van der Waals surface area contributed by atoms with Crippen molar-refractivity contribution in [2.75, 3.05) is 25.7 Å². The number of likely N-dealkylation sites (N-methyl/N-ethyl adjacent to an activating group) is 1. The number of amides is 3. The van der Waals surface area contributed by atoms with Crippen LogP contribution in [0, 0.1) is 0 Å². The molecule has 0 aliphatic carbocycles. The third kappa shape index (κ3) is 7.13. The van der Waals surface area contributed by atoms with Gasteiger partial charge in [0.2, 0.25) is 5.91 Å². The van der Waals surface area contributed by atoms with Crippen LogP contribution in [0.25, 0.3) is 22.2 Å². The van der Waals surface area contributed by atoms with Gasteiger partial charge in [0, 0.05) is 40.1 Å². The van der Waals surface area contributed by atoms with E-state index in [-0.39, 0.29) is 5.91 Å². The Hall–Kier alpha value is -4.89. The maximum absolute atomic E-state index is 13.8. The number of nitrogens with one attached hydrogen (secondary N) is 3. The summed E-state index contributed by atoms with van der Waals surface area (Å²) < 4.78 is 13.6. The van der Waals surface area contributed by atoms with Crippen LogP contribution in [0.2, 0.25) is 0 Å². The summed E-state index contributed by atoms with van der Waals surface area (Å²) in [5.74, 6) is 1.31. The third-order valence-corrected chi connectivity index (χ3v) is 7.88. The number of H-pyrrole nitrogens is 1. The van der Waals surface area contributed by atoms with Gasteiger partial charge in [0.15, 0.2) is 0 Å². The molecule has 0 aliphatic rings. The number of carbonyl (C=O) groups excluding carboxylic acids is 2. The predicted molar refractivity (Wildman–Crippen MR) is 173 cm³/mol. The van der Waals surface area contributed by atoms with E-state index in [0.717, 1.165) is 44.1 Å². The Morgan fingerprint density at radius 1 is 0.884 bits per heavy atom. The van der Waals surface area contributed by atoms with E-state index < -0.39 is 12.1 Å². The number of hydrogen-bond acceptors (Lipinski definition) is 5. The van der Waals surface area contributed by atoms with E-state index >= 15 is 0 Å². The number of hydrogen-bond donors (Lipinski definition) is 3. The van der Waals surface area contributed by atoms with Crippen molar-refractivity contribution in [3.63, 3.8) is 0 Å². The second-order valence-electron chi connectivity index (χ2n) is 9.83. The molecule has 3 amide bonds. The normalized spacial score (nSPS) is 11.5. The van der Waals surface area contributed by atoms with Crippen LogP contribution in [-0.2, 0) is 11.2 Å². The van der Waals surface area contributed by atoms with Crippen LogP contribution in [-0.4, -0.2) is 43.7 Å². The van der Waals surface area contributed by atoms with Gasteiger partial charge in [-0.2, -0.15) is 0 Å². The van der Waals surface area contributed by atoms with Crippen LogP contribution in [0.4, 0.5) is 10.5 Å². The molecule has 43 heavy (non-hydrogen) atoms. The highest BCUT2D eigenvalue weighted by Gasteiger charge is 2.27. The van der Waals surface area contributed by atoms with Crippen molar-refractivity contribution in [2.24, 2.45) is 0 Å². The monoisotopic (exact) mass is 594 g/mol. The molecule has 0 unspecified atom stereocenters. The Bertz CT molecular complexity index is 1690. The summed E-state index contributed by atoms with van der Waals surface area (Å²) in [5, 5.41) is 3.91. The average molecular weight is 595 g/mol. The minimum atomic E-state index is -0.780. The van der Waals surface area contributed by atoms with E-state index in [4.69, 9.17) is 9.47 Å². The zero-order valence-corrected chi connectivity index (χ0v) is 25.1. The van der Waals surface area contributed by atoms with E-state index in [9.17, 15) is 9.59 Å². The Labute approximate surface area is 255 Å². The molecule has 0 saturated heterocycles. The molecule has 1 aromatic heterocycles. The van der Waals surface area contributed by atoms with Gasteiger partial charge in [-0.15, -0.1) is 0 Å². The Kier molecular flexibility index (Phi) is 9.53. The maximum Gasteiger partial charge on any atom is 0.325 e. The first-order valence-electron chi connectivity index (χ1n) is 14.0. The molecule has 9 heteroatoms. The van der Waals surface area contributed by atoms with Gasteiger partial charge in [-0.1, -0.05) is 48.5 Å². The van der Waals surface area contributed by atoms with Crippen LogP contribution in [0.15, 0.2) is 108 Å².